The summed E-state index contributed by atoms with van der Waals surface area (Å²) in [5, 5.41) is 0. The molecule has 2 heterocycles. The molecule has 1 aliphatic rings. The maximum absolute atomic E-state index is 5.75. The summed E-state index contributed by atoms with van der Waals surface area (Å²) < 4.78 is 1.04. The molecule has 2 atom stereocenters. The summed E-state index contributed by atoms with van der Waals surface area (Å²) in [6.45, 7) is 2.28. The minimum atomic E-state index is 0.482. The van der Waals surface area contributed by atoms with Crippen molar-refractivity contribution in [3.63, 3.8) is 0 Å². The van der Waals surface area contributed by atoms with Crippen molar-refractivity contribution >= 4 is 5.69 Å². The fourth-order valence-electron chi connectivity index (χ4n) is 3.38. The Morgan fingerprint density at radius 3 is 2.70 bits per heavy atom. The molecule has 3 heteroatoms. The zero-order chi connectivity index (χ0) is 14.0. The van der Waals surface area contributed by atoms with Gasteiger partial charge >= 0.3 is 0 Å². The lowest BCUT2D eigenvalue weighted by molar-refractivity contribution is -0.940. The maximum atomic E-state index is 5.75. The van der Waals surface area contributed by atoms with Gasteiger partial charge < -0.3 is 10.2 Å². The first-order valence-corrected chi connectivity index (χ1v) is 7.27. The van der Waals surface area contributed by atoms with Gasteiger partial charge in [-0.3, -0.25) is 4.98 Å². The fraction of sp³-hybridized carbons (Fsp3) is 0.353. The molecule has 1 aromatic heterocycles. The molecule has 2 aromatic rings. The van der Waals surface area contributed by atoms with E-state index in [4.69, 9.17) is 5.73 Å². The van der Waals surface area contributed by atoms with Crippen LogP contribution < -0.4 is 5.73 Å². The zero-order valence-electron chi connectivity index (χ0n) is 12.0. The van der Waals surface area contributed by atoms with Crippen LogP contribution in [0.1, 0.15) is 30.1 Å². The molecule has 0 radical (unpaired) electrons. The van der Waals surface area contributed by atoms with E-state index in [2.05, 4.69) is 48.4 Å². The highest BCUT2D eigenvalue weighted by atomic mass is 15.4. The molecule has 1 saturated heterocycles. The van der Waals surface area contributed by atoms with Gasteiger partial charge in [0.05, 0.1) is 31.2 Å². The Morgan fingerprint density at radius 2 is 2.00 bits per heavy atom. The van der Waals surface area contributed by atoms with Crippen molar-refractivity contribution in [2.75, 3.05) is 19.3 Å². The average molecular weight is 268 g/mol. The second-order valence-electron chi connectivity index (χ2n) is 6.02. The highest BCUT2D eigenvalue weighted by molar-refractivity contribution is 5.35. The first-order valence-electron chi connectivity index (χ1n) is 7.27. The number of benzene rings is 1. The Labute approximate surface area is 120 Å². The van der Waals surface area contributed by atoms with Crippen LogP contribution in [0.5, 0.6) is 0 Å². The van der Waals surface area contributed by atoms with E-state index in [0.29, 0.717) is 6.04 Å². The lowest BCUT2D eigenvalue weighted by Gasteiger charge is -2.36. The van der Waals surface area contributed by atoms with E-state index in [1.165, 1.54) is 30.6 Å². The maximum Gasteiger partial charge on any atom is 0.132 e. The molecule has 1 aliphatic heterocycles. The van der Waals surface area contributed by atoms with Gasteiger partial charge in [0, 0.05) is 18.4 Å². The smallest absolute Gasteiger partial charge is 0.132 e. The van der Waals surface area contributed by atoms with Crippen LogP contribution in [0.4, 0.5) is 5.69 Å². The molecule has 2 N–H and O–H groups in total. The van der Waals surface area contributed by atoms with E-state index in [1.807, 2.05) is 6.07 Å². The van der Waals surface area contributed by atoms with E-state index in [0.717, 1.165) is 16.7 Å². The van der Waals surface area contributed by atoms with Crippen LogP contribution in [0.3, 0.4) is 0 Å². The van der Waals surface area contributed by atoms with Crippen LogP contribution in [0.15, 0.2) is 48.7 Å². The summed E-state index contributed by atoms with van der Waals surface area (Å²) in [5.74, 6) is 0. The van der Waals surface area contributed by atoms with Crippen LogP contribution >= 0.6 is 0 Å². The van der Waals surface area contributed by atoms with Crippen LogP contribution in [0.25, 0.3) is 0 Å². The van der Waals surface area contributed by atoms with Gasteiger partial charge in [0.25, 0.3) is 0 Å². The standard InChI is InChI=1S/C17H22N3/c1-20(13-14-6-3-2-4-7-14)11-5-8-17(20)16-10-9-15(18)12-19-16/h2-4,6-7,9-10,12,17H,5,8,11,13,18H2,1H3/q+1. The Bertz CT molecular complexity index is 565. The van der Waals surface area contributed by atoms with Crippen LogP contribution in [0, 0.1) is 0 Å². The second kappa shape index (κ2) is 5.25. The summed E-state index contributed by atoms with van der Waals surface area (Å²) in [5.41, 5.74) is 9.07. The number of anilines is 1. The molecular weight excluding hydrogens is 246 g/mol. The minimum absolute atomic E-state index is 0.482. The summed E-state index contributed by atoms with van der Waals surface area (Å²) in [7, 11) is 2.35. The molecule has 2 unspecified atom stereocenters. The zero-order valence-corrected chi connectivity index (χ0v) is 12.0. The van der Waals surface area contributed by atoms with E-state index in [-0.39, 0.29) is 0 Å². The van der Waals surface area contributed by atoms with Gasteiger partial charge in [-0.05, 0) is 12.1 Å². The molecular formula is C17H22N3+. The molecule has 20 heavy (non-hydrogen) atoms. The van der Waals surface area contributed by atoms with Gasteiger partial charge in [-0.25, -0.2) is 0 Å². The molecule has 0 saturated carbocycles. The van der Waals surface area contributed by atoms with E-state index in [9.17, 15) is 0 Å². The lowest BCUT2D eigenvalue weighted by atomic mass is 10.1. The fourth-order valence-corrected chi connectivity index (χ4v) is 3.38. The Morgan fingerprint density at radius 1 is 1.20 bits per heavy atom. The van der Waals surface area contributed by atoms with Gasteiger partial charge in [0.2, 0.25) is 0 Å². The van der Waals surface area contributed by atoms with Crippen molar-refractivity contribution in [3.8, 4) is 0 Å². The average Bonchev–Trinajstić information content (AvgIpc) is 2.82. The highest BCUT2D eigenvalue weighted by Crippen LogP contribution is 2.38. The summed E-state index contributed by atoms with van der Waals surface area (Å²) in [6.07, 6.45) is 4.25. The number of nitrogen functional groups attached to an aromatic ring is 1. The third-order valence-electron chi connectivity index (χ3n) is 4.44. The van der Waals surface area contributed by atoms with Gasteiger partial charge in [-0.2, -0.15) is 0 Å². The van der Waals surface area contributed by atoms with Gasteiger partial charge in [-0.15, -0.1) is 0 Å². The molecule has 104 valence electrons. The molecule has 3 rings (SSSR count). The number of aromatic nitrogens is 1. The van der Waals surface area contributed by atoms with Crippen molar-refractivity contribution in [2.24, 2.45) is 0 Å². The first kappa shape index (κ1) is 13.1. The predicted octanol–water partition coefficient (Wildman–Crippen LogP) is 3.15. The molecule has 0 amide bonds. The van der Waals surface area contributed by atoms with Crippen LogP contribution in [-0.4, -0.2) is 23.1 Å². The van der Waals surface area contributed by atoms with Crippen molar-refractivity contribution in [3.05, 3.63) is 59.9 Å². The highest BCUT2D eigenvalue weighted by Gasteiger charge is 2.39. The van der Waals surface area contributed by atoms with Gasteiger partial charge in [-0.1, -0.05) is 30.3 Å². The minimum Gasteiger partial charge on any atom is -0.397 e. The predicted molar refractivity (Wildman–Crippen MR) is 81.8 cm³/mol. The quantitative estimate of drug-likeness (QED) is 0.869. The molecule has 0 aliphatic carbocycles. The SMILES string of the molecule is C[N+]1(Cc2ccccc2)CCCC1c1ccc(N)cn1. The largest absolute Gasteiger partial charge is 0.397 e. The Hall–Kier alpha value is -1.87. The van der Waals surface area contributed by atoms with Crippen molar-refractivity contribution in [2.45, 2.75) is 25.4 Å². The first-order chi connectivity index (χ1) is 9.67. The summed E-state index contributed by atoms with van der Waals surface area (Å²) >= 11 is 0. The number of hydrogen-bond donors (Lipinski definition) is 1. The topological polar surface area (TPSA) is 38.9 Å². The van der Waals surface area contributed by atoms with Crippen LogP contribution in [-0.2, 0) is 6.54 Å². The molecule has 3 nitrogen and oxygen atoms in total. The molecule has 1 aromatic carbocycles. The number of pyridine rings is 1. The van der Waals surface area contributed by atoms with Crippen molar-refractivity contribution < 1.29 is 4.48 Å². The van der Waals surface area contributed by atoms with Crippen molar-refractivity contribution in [1.82, 2.24) is 4.98 Å². The van der Waals surface area contributed by atoms with E-state index in [1.54, 1.807) is 6.20 Å². The number of nitrogens with zero attached hydrogens (tertiary/aromatic N) is 2. The third kappa shape index (κ3) is 2.54. The number of quaternary nitrogens is 1. The molecule has 0 bridgehead atoms. The van der Waals surface area contributed by atoms with E-state index >= 15 is 0 Å². The number of nitrogens with two attached hydrogens (primary N) is 1. The van der Waals surface area contributed by atoms with E-state index < -0.39 is 0 Å². The second-order valence-corrected chi connectivity index (χ2v) is 6.02. The summed E-state index contributed by atoms with van der Waals surface area (Å²) in [6, 6.07) is 15.3. The number of likely N-dealkylation sites (tertiary alicyclic amines) is 1. The third-order valence-corrected chi connectivity index (χ3v) is 4.44. The molecule has 0 spiro atoms. The monoisotopic (exact) mass is 268 g/mol. The summed E-state index contributed by atoms with van der Waals surface area (Å²) in [4.78, 5) is 4.56. The lowest BCUT2D eigenvalue weighted by Crippen LogP contribution is -2.42. The number of rotatable bonds is 3. The Balaban J connectivity index is 1.85. The normalized spacial score (nSPS) is 25.8. The van der Waals surface area contributed by atoms with Gasteiger partial charge in [0.15, 0.2) is 0 Å². The van der Waals surface area contributed by atoms with Gasteiger partial charge in [0.1, 0.15) is 12.6 Å². The molecule has 1 fully saturated rings. The van der Waals surface area contributed by atoms with Crippen LogP contribution in [0.2, 0.25) is 0 Å². The Kier molecular flexibility index (Phi) is 3.45. The number of hydrogen-bond acceptors (Lipinski definition) is 2. The van der Waals surface area contributed by atoms with Crippen molar-refractivity contribution in [1.29, 1.82) is 0 Å².